The Morgan fingerprint density at radius 2 is 2.16 bits per heavy atom. The standard InChI is InChI=1S/C12H21N5OS/c1-4-17-7-5-9(6-8-17)16(3)11(18)10-14-15-12(13-2)19-10/h9H,4-8H2,1-3H3,(H,13,15). The van der Waals surface area contributed by atoms with Crippen LogP contribution in [0.5, 0.6) is 0 Å². The minimum atomic E-state index is -0.0195. The smallest absolute Gasteiger partial charge is 0.284 e. The summed E-state index contributed by atoms with van der Waals surface area (Å²) < 4.78 is 0. The number of piperidine rings is 1. The Morgan fingerprint density at radius 3 is 2.68 bits per heavy atom. The summed E-state index contributed by atoms with van der Waals surface area (Å²) in [5.74, 6) is -0.0195. The minimum Gasteiger partial charge on any atom is -0.363 e. The van der Waals surface area contributed by atoms with Crippen LogP contribution in [0.2, 0.25) is 0 Å². The minimum absolute atomic E-state index is 0.0195. The van der Waals surface area contributed by atoms with Crippen LogP contribution < -0.4 is 5.32 Å². The van der Waals surface area contributed by atoms with Gasteiger partial charge >= 0.3 is 0 Å². The van der Waals surface area contributed by atoms with Crippen LogP contribution >= 0.6 is 11.3 Å². The predicted molar refractivity (Wildman–Crippen MR) is 76.7 cm³/mol. The molecular formula is C12H21N5OS. The molecule has 0 spiro atoms. The maximum atomic E-state index is 12.3. The Labute approximate surface area is 117 Å². The zero-order valence-corrected chi connectivity index (χ0v) is 12.5. The van der Waals surface area contributed by atoms with E-state index in [1.165, 1.54) is 11.3 Å². The molecule has 0 atom stereocenters. The summed E-state index contributed by atoms with van der Waals surface area (Å²) in [6.07, 6.45) is 2.07. The van der Waals surface area contributed by atoms with Gasteiger partial charge in [0.25, 0.3) is 5.91 Å². The van der Waals surface area contributed by atoms with Gasteiger partial charge in [-0.3, -0.25) is 4.79 Å². The number of likely N-dealkylation sites (tertiary alicyclic amines) is 1. The molecule has 1 saturated heterocycles. The van der Waals surface area contributed by atoms with E-state index in [0.717, 1.165) is 32.5 Å². The predicted octanol–water partition coefficient (Wildman–Crippen LogP) is 1.14. The summed E-state index contributed by atoms with van der Waals surface area (Å²) in [5, 5.41) is 11.9. The maximum Gasteiger partial charge on any atom is 0.284 e. The molecule has 0 radical (unpaired) electrons. The molecule has 19 heavy (non-hydrogen) atoms. The van der Waals surface area contributed by atoms with Crippen LogP contribution in [0, 0.1) is 0 Å². The largest absolute Gasteiger partial charge is 0.363 e. The third-order valence-corrected chi connectivity index (χ3v) is 4.62. The van der Waals surface area contributed by atoms with Gasteiger partial charge in [-0.1, -0.05) is 18.3 Å². The average molecular weight is 283 g/mol. The van der Waals surface area contributed by atoms with Gasteiger partial charge in [0.15, 0.2) is 0 Å². The van der Waals surface area contributed by atoms with Crippen LogP contribution in [0.15, 0.2) is 0 Å². The van der Waals surface area contributed by atoms with Crippen molar-refractivity contribution in [2.75, 3.05) is 39.0 Å². The Kier molecular flexibility index (Phi) is 4.71. The van der Waals surface area contributed by atoms with E-state index in [2.05, 4.69) is 27.3 Å². The molecule has 2 rings (SSSR count). The van der Waals surface area contributed by atoms with Crippen LogP contribution in [0.1, 0.15) is 29.6 Å². The van der Waals surface area contributed by atoms with Crippen molar-refractivity contribution in [1.29, 1.82) is 0 Å². The number of nitrogens with zero attached hydrogens (tertiary/aromatic N) is 4. The van der Waals surface area contributed by atoms with Gasteiger partial charge in [-0.05, 0) is 19.4 Å². The molecule has 1 aromatic heterocycles. The first-order valence-corrected chi connectivity index (χ1v) is 7.48. The number of rotatable bonds is 4. The fraction of sp³-hybridized carbons (Fsp3) is 0.750. The first kappa shape index (κ1) is 14.2. The molecule has 1 aliphatic rings. The lowest BCUT2D eigenvalue weighted by atomic mass is 10.0. The Morgan fingerprint density at radius 1 is 1.47 bits per heavy atom. The summed E-state index contributed by atoms with van der Waals surface area (Å²) in [6, 6.07) is 0.317. The molecule has 7 heteroatoms. The lowest BCUT2D eigenvalue weighted by molar-refractivity contribution is 0.0645. The lowest BCUT2D eigenvalue weighted by Gasteiger charge is -2.35. The maximum absolute atomic E-state index is 12.3. The molecule has 6 nitrogen and oxygen atoms in total. The number of hydrogen-bond donors (Lipinski definition) is 1. The monoisotopic (exact) mass is 283 g/mol. The number of nitrogens with one attached hydrogen (secondary N) is 1. The van der Waals surface area contributed by atoms with Crippen molar-refractivity contribution < 1.29 is 4.79 Å². The van der Waals surface area contributed by atoms with Gasteiger partial charge in [0.05, 0.1) is 0 Å². The molecule has 0 saturated carbocycles. The van der Waals surface area contributed by atoms with E-state index in [-0.39, 0.29) is 5.91 Å². The number of carbonyl (C=O) groups excluding carboxylic acids is 1. The number of amides is 1. The molecule has 106 valence electrons. The molecule has 1 fully saturated rings. The topological polar surface area (TPSA) is 61.4 Å². The van der Waals surface area contributed by atoms with Crippen LogP contribution in [0.3, 0.4) is 0 Å². The fourth-order valence-electron chi connectivity index (χ4n) is 2.35. The van der Waals surface area contributed by atoms with Gasteiger partial charge in [-0.25, -0.2) is 0 Å². The molecule has 1 amide bonds. The van der Waals surface area contributed by atoms with E-state index >= 15 is 0 Å². The van der Waals surface area contributed by atoms with Crippen molar-refractivity contribution in [3.63, 3.8) is 0 Å². The van der Waals surface area contributed by atoms with Crippen molar-refractivity contribution in [3.8, 4) is 0 Å². The highest BCUT2D eigenvalue weighted by atomic mass is 32.1. The van der Waals surface area contributed by atoms with Crippen LogP contribution in [-0.2, 0) is 0 Å². The second-order valence-electron chi connectivity index (χ2n) is 4.74. The highest BCUT2D eigenvalue weighted by molar-refractivity contribution is 7.17. The Balaban J connectivity index is 1.95. The second-order valence-corrected chi connectivity index (χ2v) is 5.72. The number of anilines is 1. The van der Waals surface area contributed by atoms with Gasteiger partial charge in [0.2, 0.25) is 10.1 Å². The Hall–Kier alpha value is -1.21. The highest BCUT2D eigenvalue weighted by Gasteiger charge is 2.27. The molecule has 1 N–H and O–H groups in total. The van der Waals surface area contributed by atoms with E-state index < -0.39 is 0 Å². The quantitative estimate of drug-likeness (QED) is 0.898. The first-order chi connectivity index (χ1) is 9.15. The van der Waals surface area contributed by atoms with Crippen molar-refractivity contribution in [2.24, 2.45) is 0 Å². The zero-order chi connectivity index (χ0) is 13.8. The third kappa shape index (κ3) is 3.22. The van der Waals surface area contributed by atoms with Crippen LogP contribution in [0.4, 0.5) is 5.13 Å². The number of carbonyl (C=O) groups is 1. The van der Waals surface area contributed by atoms with Gasteiger partial charge in [-0.2, -0.15) is 0 Å². The molecule has 1 aliphatic heterocycles. The van der Waals surface area contributed by atoms with Gasteiger partial charge in [0, 0.05) is 33.2 Å². The zero-order valence-electron chi connectivity index (χ0n) is 11.7. The lowest BCUT2D eigenvalue weighted by Crippen LogP contribution is -2.45. The average Bonchev–Trinajstić information content (AvgIpc) is 2.94. The summed E-state index contributed by atoms with van der Waals surface area (Å²) in [6.45, 7) is 5.40. The molecule has 2 heterocycles. The summed E-state index contributed by atoms with van der Waals surface area (Å²) >= 11 is 1.30. The van der Waals surface area contributed by atoms with E-state index in [4.69, 9.17) is 0 Å². The molecule has 1 aromatic rings. The molecular weight excluding hydrogens is 262 g/mol. The molecule has 0 unspecified atom stereocenters. The van der Waals surface area contributed by atoms with Gasteiger partial charge in [0.1, 0.15) is 0 Å². The third-order valence-electron chi connectivity index (χ3n) is 3.69. The van der Waals surface area contributed by atoms with Gasteiger partial charge < -0.3 is 15.1 Å². The second kappa shape index (κ2) is 6.29. The molecule has 0 aromatic carbocycles. The first-order valence-electron chi connectivity index (χ1n) is 6.66. The van der Waals surface area contributed by atoms with Crippen LogP contribution in [0.25, 0.3) is 0 Å². The number of hydrogen-bond acceptors (Lipinski definition) is 6. The van der Waals surface area contributed by atoms with E-state index in [1.807, 2.05) is 11.9 Å². The molecule has 0 bridgehead atoms. The van der Waals surface area contributed by atoms with Crippen molar-refractivity contribution >= 4 is 22.4 Å². The SMILES string of the molecule is CCN1CCC(N(C)C(=O)c2nnc(NC)s2)CC1. The van der Waals surface area contributed by atoms with E-state index in [0.29, 0.717) is 16.2 Å². The van der Waals surface area contributed by atoms with Crippen molar-refractivity contribution in [1.82, 2.24) is 20.0 Å². The highest BCUT2D eigenvalue weighted by Crippen LogP contribution is 2.20. The fourth-order valence-corrected chi connectivity index (χ4v) is 3.03. The van der Waals surface area contributed by atoms with Gasteiger partial charge in [-0.15, -0.1) is 10.2 Å². The molecule has 0 aliphatic carbocycles. The summed E-state index contributed by atoms with van der Waals surface area (Å²) in [5.41, 5.74) is 0. The van der Waals surface area contributed by atoms with Crippen LogP contribution in [-0.4, -0.2) is 65.7 Å². The summed E-state index contributed by atoms with van der Waals surface area (Å²) in [4.78, 5) is 16.6. The summed E-state index contributed by atoms with van der Waals surface area (Å²) in [7, 11) is 3.65. The van der Waals surface area contributed by atoms with E-state index in [1.54, 1.807) is 7.05 Å². The van der Waals surface area contributed by atoms with Crippen molar-refractivity contribution in [2.45, 2.75) is 25.8 Å². The normalized spacial score (nSPS) is 17.4. The van der Waals surface area contributed by atoms with Crippen molar-refractivity contribution in [3.05, 3.63) is 5.01 Å². The number of aromatic nitrogens is 2. The van der Waals surface area contributed by atoms with E-state index in [9.17, 15) is 4.79 Å². The Bertz CT molecular complexity index is 428.